The van der Waals surface area contributed by atoms with Gasteiger partial charge in [0.1, 0.15) is 11.7 Å². The van der Waals surface area contributed by atoms with E-state index in [1.165, 1.54) is 6.07 Å². The molecule has 7 heteroatoms. The number of rotatable bonds is 3. The van der Waals surface area contributed by atoms with Crippen molar-refractivity contribution < 1.29 is 13.9 Å². The molecule has 3 aromatic rings. The smallest absolute Gasteiger partial charge is 0.289 e. The molecule has 3 heterocycles. The van der Waals surface area contributed by atoms with Gasteiger partial charge in [-0.3, -0.25) is 9.59 Å². The number of para-hydroxylation sites is 1. The Kier molecular flexibility index (Phi) is 4.58. The molecule has 0 radical (unpaired) electrons. The third kappa shape index (κ3) is 3.67. The van der Waals surface area contributed by atoms with Crippen LogP contribution in [0.25, 0.3) is 11.0 Å². The number of fused-ring (bicyclic) bond motifs is 1. The van der Waals surface area contributed by atoms with Gasteiger partial charge in [-0.1, -0.05) is 12.1 Å². The van der Waals surface area contributed by atoms with Gasteiger partial charge in [-0.05, 0) is 38.0 Å². The van der Waals surface area contributed by atoms with E-state index >= 15 is 0 Å². The fourth-order valence-electron chi connectivity index (χ4n) is 3.20. The van der Waals surface area contributed by atoms with Crippen LogP contribution in [-0.4, -0.2) is 40.2 Å². The number of aryl methyl sites for hydroxylation is 1. The minimum atomic E-state index is -0.304. The molecule has 1 aliphatic heterocycles. The number of hydrogen-bond acceptors (Lipinski definition) is 6. The maximum Gasteiger partial charge on any atom is 0.289 e. The van der Waals surface area contributed by atoms with Crippen LogP contribution in [0.4, 0.5) is 0 Å². The lowest BCUT2D eigenvalue weighted by Gasteiger charge is -2.32. The maximum atomic E-state index is 12.8. The third-order valence-corrected chi connectivity index (χ3v) is 4.57. The number of ether oxygens (including phenoxy) is 1. The minimum Gasteiger partial charge on any atom is -0.471 e. The first kappa shape index (κ1) is 17.2. The Hall–Kier alpha value is -3.22. The van der Waals surface area contributed by atoms with Gasteiger partial charge in [0.15, 0.2) is 11.2 Å². The van der Waals surface area contributed by atoms with E-state index in [1.807, 2.05) is 13.0 Å². The largest absolute Gasteiger partial charge is 0.471 e. The van der Waals surface area contributed by atoms with Gasteiger partial charge in [0.25, 0.3) is 5.91 Å². The van der Waals surface area contributed by atoms with Crippen LogP contribution in [0.3, 0.4) is 0 Å². The Morgan fingerprint density at radius 3 is 2.89 bits per heavy atom. The van der Waals surface area contributed by atoms with Crippen LogP contribution in [0.15, 0.2) is 51.7 Å². The number of hydrogen-bond donors (Lipinski definition) is 0. The molecule has 1 saturated heterocycles. The molecule has 1 aromatic carbocycles. The highest BCUT2D eigenvalue weighted by Crippen LogP contribution is 2.19. The van der Waals surface area contributed by atoms with Crippen LogP contribution in [-0.2, 0) is 0 Å². The second-order valence-corrected chi connectivity index (χ2v) is 6.62. The molecule has 2 aromatic heterocycles. The Morgan fingerprint density at radius 1 is 1.22 bits per heavy atom. The van der Waals surface area contributed by atoms with Gasteiger partial charge in [-0.25, -0.2) is 0 Å². The van der Waals surface area contributed by atoms with E-state index in [4.69, 9.17) is 9.15 Å². The average molecular weight is 365 g/mol. The topological polar surface area (TPSA) is 85.5 Å². The summed E-state index contributed by atoms with van der Waals surface area (Å²) in [4.78, 5) is 26.8. The van der Waals surface area contributed by atoms with Crippen LogP contribution >= 0.6 is 0 Å². The van der Waals surface area contributed by atoms with Crippen molar-refractivity contribution in [3.8, 4) is 5.88 Å². The third-order valence-electron chi connectivity index (χ3n) is 4.57. The van der Waals surface area contributed by atoms with Gasteiger partial charge in [-0.2, -0.15) is 5.10 Å². The van der Waals surface area contributed by atoms with Crippen LogP contribution in [0.1, 0.15) is 29.1 Å². The molecule has 1 aliphatic rings. The van der Waals surface area contributed by atoms with E-state index in [0.29, 0.717) is 29.9 Å². The standard InChI is InChI=1S/C20H19N3O4/c1-13-8-9-19(22-21-13)26-14-5-4-10-23(12-14)20(25)18-11-16(24)15-6-2-3-7-17(15)27-18/h2-3,6-9,11,14H,4-5,10,12H2,1H3. The van der Waals surface area contributed by atoms with Crippen molar-refractivity contribution in [1.29, 1.82) is 0 Å². The summed E-state index contributed by atoms with van der Waals surface area (Å²) in [6.45, 7) is 2.86. The summed E-state index contributed by atoms with van der Waals surface area (Å²) in [6, 6.07) is 11.8. The Balaban J connectivity index is 1.51. The lowest BCUT2D eigenvalue weighted by molar-refractivity contribution is 0.0499. The van der Waals surface area contributed by atoms with E-state index in [0.717, 1.165) is 18.5 Å². The molecule has 0 saturated carbocycles. The second-order valence-electron chi connectivity index (χ2n) is 6.62. The van der Waals surface area contributed by atoms with Crippen LogP contribution < -0.4 is 10.2 Å². The number of aromatic nitrogens is 2. The number of carbonyl (C=O) groups excluding carboxylic acids is 1. The molecule has 1 fully saturated rings. The lowest BCUT2D eigenvalue weighted by Crippen LogP contribution is -2.44. The van der Waals surface area contributed by atoms with Crippen LogP contribution in [0, 0.1) is 6.92 Å². The van der Waals surface area contributed by atoms with Crippen molar-refractivity contribution in [2.24, 2.45) is 0 Å². The van der Waals surface area contributed by atoms with Crippen molar-refractivity contribution in [2.75, 3.05) is 13.1 Å². The molecule has 1 unspecified atom stereocenters. The number of piperidine rings is 1. The number of carbonyl (C=O) groups is 1. The van der Waals surface area contributed by atoms with Crippen molar-refractivity contribution in [3.63, 3.8) is 0 Å². The van der Waals surface area contributed by atoms with E-state index in [1.54, 1.807) is 35.2 Å². The Labute approximate surface area is 155 Å². The fraction of sp³-hybridized carbons (Fsp3) is 0.300. The molecule has 0 spiro atoms. The normalized spacial score (nSPS) is 17.1. The van der Waals surface area contributed by atoms with Gasteiger partial charge < -0.3 is 14.1 Å². The summed E-state index contributed by atoms with van der Waals surface area (Å²) in [5.74, 6) is 0.188. The highest BCUT2D eigenvalue weighted by molar-refractivity contribution is 5.93. The molecule has 0 bridgehead atoms. The van der Waals surface area contributed by atoms with Gasteiger partial charge >= 0.3 is 0 Å². The number of benzene rings is 1. The van der Waals surface area contributed by atoms with Crippen molar-refractivity contribution >= 4 is 16.9 Å². The number of nitrogens with zero attached hydrogens (tertiary/aromatic N) is 3. The van der Waals surface area contributed by atoms with Crippen LogP contribution in [0.2, 0.25) is 0 Å². The quantitative estimate of drug-likeness (QED) is 0.709. The molecule has 138 valence electrons. The summed E-state index contributed by atoms with van der Waals surface area (Å²) >= 11 is 0. The minimum absolute atomic E-state index is 0.0504. The molecular weight excluding hydrogens is 346 g/mol. The first-order valence-electron chi connectivity index (χ1n) is 8.89. The van der Waals surface area contributed by atoms with Crippen molar-refractivity contribution in [3.05, 3.63) is 64.1 Å². The zero-order valence-electron chi connectivity index (χ0n) is 14.9. The first-order valence-corrected chi connectivity index (χ1v) is 8.89. The molecule has 4 rings (SSSR count). The Morgan fingerprint density at radius 2 is 2.07 bits per heavy atom. The first-order chi connectivity index (χ1) is 13.1. The zero-order chi connectivity index (χ0) is 18.8. The molecule has 0 aliphatic carbocycles. The van der Waals surface area contributed by atoms with Gasteiger partial charge in [0.2, 0.25) is 5.88 Å². The molecule has 1 atom stereocenters. The number of likely N-dealkylation sites (tertiary alicyclic amines) is 1. The highest BCUT2D eigenvalue weighted by atomic mass is 16.5. The van der Waals surface area contributed by atoms with Crippen molar-refractivity contribution in [1.82, 2.24) is 15.1 Å². The van der Waals surface area contributed by atoms with Gasteiger partial charge in [0, 0.05) is 18.7 Å². The summed E-state index contributed by atoms with van der Waals surface area (Å²) in [5.41, 5.74) is 1.00. The maximum absolute atomic E-state index is 12.8. The molecule has 1 amide bonds. The summed E-state index contributed by atoms with van der Waals surface area (Å²) in [6.07, 6.45) is 1.45. The van der Waals surface area contributed by atoms with E-state index in [2.05, 4.69) is 10.2 Å². The highest BCUT2D eigenvalue weighted by Gasteiger charge is 2.27. The summed E-state index contributed by atoms with van der Waals surface area (Å²) < 4.78 is 11.5. The van der Waals surface area contributed by atoms with Gasteiger partial charge in [-0.15, -0.1) is 5.10 Å². The Bertz CT molecular complexity index is 1030. The molecule has 7 nitrogen and oxygen atoms in total. The van der Waals surface area contributed by atoms with E-state index in [-0.39, 0.29) is 23.2 Å². The monoisotopic (exact) mass is 365 g/mol. The van der Waals surface area contributed by atoms with E-state index in [9.17, 15) is 9.59 Å². The summed E-state index contributed by atoms with van der Waals surface area (Å²) in [5, 5.41) is 8.46. The molecule has 27 heavy (non-hydrogen) atoms. The van der Waals surface area contributed by atoms with Crippen LogP contribution in [0.5, 0.6) is 5.88 Å². The predicted octanol–water partition coefficient (Wildman–Crippen LogP) is 2.58. The molecule has 0 N–H and O–H groups in total. The molecular formula is C20H19N3O4. The second kappa shape index (κ2) is 7.19. The fourth-order valence-corrected chi connectivity index (χ4v) is 3.20. The van der Waals surface area contributed by atoms with E-state index < -0.39 is 0 Å². The summed E-state index contributed by atoms with van der Waals surface area (Å²) in [7, 11) is 0. The predicted molar refractivity (Wildman–Crippen MR) is 98.8 cm³/mol. The zero-order valence-corrected chi connectivity index (χ0v) is 14.9. The van der Waals surface area contributed by atoms with Gasteiger partial charge in [0.05, 0.1) is 17.6 Å². The lowest BCUT2D eigenvalue weighted by atomic mass is 10.1. The number of amides is 1. The average Bonchev–Trinajstić information content (AvgIpc) is 2.69. The SMILES string of the molecule is Cc1ccc(OC2CCCN(C(=O)c3cc(=O)c4ccccc4o3)C2)nn1. The van der Waals surface area contributed by atoms with Crippen molar-refractivity contribution in [2.45, 2.75) is 25.9 Å².